The Morgan fingerprint density at radius 3 is 2.58 bits per heavy atom. The molecular formula is C7H6BrNO3. The van der Waals surface area contributed by atoms with E-state index in [1.165, 1.54) is 6.07 Å². The third-order valence-electron chi connectivity index (χ3n) is 1.35. The van der Waals surface area contributed by atoms with Gasteiger partial charge in [-0.05, 0) is 28.1 Å². The van der Waals surface area contributed by atoms with E-state index in [1.807, 2.05) is 0 Å². The molecule has 4 nitrogen and oxygen atoms in total. The predicted molar refractivity (Wildman–Crippen MR) is 46.5 cm³/mol. The van der Waals surface area contributed by atoms with Crippen LogP contribution >= 0.6 is 15.9 Å². The second-order valence-corrected chi connectivity index (χ2v) is 2.93. The minimum absolute atomic E-state index is 0.0139. The van der Waals surface area contributed by atoms with Gasteiger partial charge in [0.25, 0.3) is 0 Å². The highest BCUT2D eigenvalue weighted by Crippen LogP contribution is 2.23. The molecule has 0 aliphatic heterocycles. The van der Waals surface area contributed by atoms with Crippen molar-refractivity contribution in [2.24, 2.45) is 0 Å². The first-order valence-electron chi connectivity index (χ1n) is 3.08. The minimum Gasteiger partial charge on any atom is -0.478 e. The molecule has 3 N–H and O–H groups in total. The molecule has 0 aliphatic carbocycles. The van der Waals surface area contributed by atoms with Crippen LogP contribution in [0.2, 0.25) is 0 Å². The van der Waals surface area contributed by atoms with Crippen molar-refractivity contribution >= 4 is 27.6 Å². The van der Waals surface area contributed by atoms with Gasteiger partial charge in [0.2, 0.25) is 0 Å². The maximum Gasteiger partial charge on any atom is 0.339 e. The summed E-state index contributed by atoms with van der Waals surface area (Å²) >= 11 is 3.06. The molecule has 0 aliphatic rings. The number of nitrogens with one attached hydrogen (secondary N) is 1. The molecule has 0 radical (unpaired) electrons. The van der Waals surface area contributed by atoms with E-state index in [4.69, 9.17) is 10.3 Å². The number of halogens is 1. The average Bonchev–Trinajstić information content (AvgIpc) is 2.03. The Kier molecular flexibility index (Phi) is 2.67. The third kappa shape index (κ3) is 1.57. The van der Waals surface area contributed by atoms with Crippen molar-refractivity contribution in [1.82, 2.24) is 0 Å². The summed E-state index contributed by atoms with van der Waals surface area (Å²) in [4.78, 5) is 10.6. The third-order valence-corrected chi connectivity index (χ3v) is 2.01. The summed E-state index contributed by atoms with van der Waals surface area (Å²) in [6, 6.07) is 4.67. The number of anilines is 1. The Bertz CT molecular complexity index is 314. The Morgan fingerprint density at radius 2 is 2.17 bits per heavy atom. The van der Waals surface area contributed by atoms with E-state index in [9.17, 15) is 4.79 Å². The largest absolute Gasteiger partial charge is 0.478 e. The van der Waals surface area contributed by atoms with Crippen molar-refractivity contribution in [3.05, 3.63) is 28.2 Å². The zero-order chi connectivity index (χ0) is 9.14. The molecule has 5 heteroatoms. The molecule has 12 heavy (non-hydrogen) atoms. The van der Waals surface area contributed by atoms with Gasteiger partial charge in [-0.3, -0.25) is 10.7 Å². The van der Waals surface area contributed by atoms with Crippen molar-refractivity contribution in [2.75, 3.05) is 5.48 Å². The van der Waals surface area contributed by atoms with Gasteiger partial charge < -0.3 is 5.11 Å². The lowest BCUT2D eigenvalue weighted by Gasteiger charge is -2.04. The number of carboxylic acid groups (broad SMARTS) is 1. The second kappa shape index (κ2) is 3.55. The normalized spacial score (nSPS) is 9.50. The Balaban J connectivity index is 3.29. The molecule has 1 rings (SSSR count). The molecular weight excluding hydrogens is 226 g/mol. The van der Waals surface area contributed by atoms with Gasteiger partial charge in [-0.15, -0.1) is 0 Å². The second-order valence-electron chi connectivity index (χ2n) is 2.08. The van der Waals surface area contributed by atoms with E-state index in [2.05, 4.69) is 15.9 Å². The number of aromatic carboxylic acids is 1. The van der Waals surface area contributed by atoms with Crippen molar-refractivity contribution in [3.63, 3.8) is 0 Å². The number of hydrogen-bond acceptors (Lipinski definition) is 3. The van der Waals surface area contributed by atoms with Crippen molar-refractivity contribution < 1.29 is 15.1 Å². The molecule has 0 amide bonds. The molecule has 0 unspecified atom stereocenters. The SMILES string of the molecule is O=C(O)c1c(Br)cccc1NO. The average molecular weight is 232 g/mol. The summed E-state index contributed by atoms with van der Waals surface area (Å²) in [5.74, 6) is -1.10. The summed E-state index contributed by atoms with van der Waals surface area (Å²) in [5.41, 5.74) is 1.98. The molecule has 64 valence electrons. The summed E-state index contributed by atoms with van der Waals surface area (Å²) in [6.45, 7) is 0. The first kappa shape index (κ1) is 9.02. The number of carboxylic acids is 1. The highest BCUT2D eigenvalue weighted by atomic mass is 79.9. The molecule has 0 fully saturated rings. The zero-order valence-electron chi connectivity index (χ0n) is 5.91. The van der Waals surface area contributed by atoms with Crippen LogP contribution in [0, 0.1) is 0 Å². The highest BCUT2D eigenvalue weighted by Gasteiger charge is 2.12. The van der Waals surface area contributed by atoms with Gasteiger partial charge in [0.1, 0.15) is 0 Å². The molecule has 0 saturated carbocycles. The smallest absolute Gasteiger partial charge is 0.339 e. The van der Waals surface area contributed by atoms with Crippen LogP contribution in [0.4, 0.5) is 5.69 Å². The van der Waals surface area contributed by atoms with Crippen molar-refractivity contribution in [3.8, 4) is 0 Å². The molecule has 0 atom stereocenters. The fourth-order valence-corrected chi connectivity index (χ4v) is 1.37. The molecule has 0 aromatic heterocycles. The lowest BCUT2D eigenvalue weighted by Crippen LogP contribution is -2.03. The standard InChI is InChI=1S/C7H6BrNO3/c8-4-2-1-3-5(9-12)6(4)7(10)11/h1-3,9,12H,(H,10,11). The highest BCUT2D eigenvalue weighted by molar-refractivity contribution is 9.10. The topological polar surface area (TPSA) is 69.6 Å². The van der Waals surface area contributed by atoms with Gasteiger partial charge >= 0.3 is 5.97 Å². The van der Waals surface area contributed by atoms with E-state index in [0.717, 1.165) is 0 Å². The van der Waals surface area contributed by atoms with E-state index in [1.54, 1.807) is 17.6 Å². The lowest BCUT2D eigenvalue weighted by molar-refractivity contribution is 0.0696. The number of benzene rings is 1. The van der Waals surface area contributed by atoms with Gasteiger partial charge in [0, 0.05) is 4.47 Å². The van der Waals surface area contributed by atoms with Gasteiger partial charge in [0.05, 0.1) is 11.3 Å². The molecule has 0 spiro atoms. The number of rotatable bonds is 2. The zero-order valence-corrected chi connectivity index (χ0v) is 7.50. The van der Waals surface area contributed by atoms with E-state index in [-0.39, 0.29) is 11.3 Å². The number of carbonyl (C=O) groups is 1. The lowest BCUT2D eigenvalue weighted by atomic mass is 10.2. The van der Waals surface area contributed by atoms with Crippen LogP contribution in [0.3, 0.4) is 0 Å². The van der Waals surface area contributed by atoms with Crippen LogP contribution in [-0.2, 0) is 0 Å². The van der Waals surface area contributed by atoms with Gasteiger partial charge in [-0.25, -0.2) is 4.79 Å². The molecule has 1 aromatic carbocycles. The first-order chi connectivity index (χ1) is 5.66. The summed E-state index contributed by atoms with van der Waals surface area (Å²) in [7, 11) is 0. The van der Waals surface area contributed by atoms with Crippen LogP contribution in [0.5, 0.6) is 0 Å². The van der Waals surface area contributed by atoms with Crippen molar-refractivity contribution in [2.45, 2.75) is 0 Å². The Morgan fingerprint density at radius 1 is 1.50 bits per heavy atom. The number of hydrogen-bond donors (Lipinski definition) is 3. The molecule has 1 aromatic rings. The van der Waals surface area contributed by atoms with Gasteiger partial charge in [-0.1, -0.05) is 6.07 Å². The summed E-state index contributed by atoms with van der Waals surface area (Å²) in [6.07, 6.45) is 0. The molecule has 0 bridgehead atoms. The fraction of sp³-hybridized carbons (Fsp3) is 0. The van der Waals surface area contributed by atoms with E-state index >= 15 is 0 Å². The quantitative estimate of drug-likeness (QED) is 0.681. The fourth-order valence-electron chi connectivity index (χ4n) is 0.835. The Hall–Kier alpha value is -1.07. The minimum atomic E-state index is -1.10. The summed E-state index contributed by atoms with van der Waals surface area (Å²) in [5, 5.41) is 17.3. The van der Waals surface area contributed by atoms with Crippen LogP contribution < -0.4 is 5.48 Å². The maximum atomic E-state index is 10.6. The Labute approximate surface area is 76.9 Å². The van der Waals surface area contributed by atoms with Crippen LogP contribution in [0.1, 0.15) is 10.4 Å². The summed E-state index contributed by atoms with van der Waals surface area (Å²) < 4.78 is 0.425. The van der Waals surface area contributed by atoms with E-state index < -0.39 is 5.97 Å². The monoisotopic (exact) mass is 231 g/mol. The van der Waals surface area contributed by atoms with Crippen LogP contribution in [0.15, 0.2) is 22.7 Å². The maximum absolute atomic E-state index is 10.6. The first-order valence-corrected chi connectivity index (χ1v) is 3.88. The van der Waals surface area contributed by atoms with Gasteiger partial charge in [0.15, 0.2) is 0 Å². The van der Waals surface area contributed by atoms with E-state index in [0.29, 0.717) is 4.47 Å². The van der Waals surface area contributed by atoms with Crippen LogP contribution in [-0.4, -0.2) is 16.3 Å². The van der Waals surface area contributed by atoms with Crippen LogP contribution in [0.25, 0.3) is 0 Å². The van der Waals surface area contributed by atoms with Gasteiger partial charge in [-0.2, -0.15) is 0 Å². The predicted octanol–water partition coefficient (Wildman–Crippen LogP) is 1.95. The molecule has 0 saturated heterocycles. The van der Waals surface area contributed by atoms with Crippen molar-refractivity contribution in [1.29, 1.82) is 0 Å². The molecule has 0 heterocycles.